The fourth-order valence-electron chi connectivity index (χ4n) is 2.17. The number of hydrogen-bond acceptors (Lipinski definition) is 4. The molecule has 23 heavy (non-hydrogen) atoms. The van der Waals surface area contributed by atoms with Gasteiger partial charge in [-0.2, -0.15) is 0 Å². The molecule has 120 valence electrons. The maximum atomic E-state index is 12.4. The molecule has 4 heteroatoms. The predicted octanol–water partition coefficient (Wildman–Crippen LogP) is 4.00. The molecule has 0 saturated carbocycles. The van der Waals surface area contributed by atoms with Gasteiger partial charge in [-0.3, -0.25) is 4.79 Å². The highest BCUT2D eigenvalue weighted by Crippen LogP contribution is 2.28. The van der Waals surface area contributed by atoms with Gasteiger partial charge >= 0.3 is 0 Å². The average molecular weight is 312 g/mol. The Morgan fingerprint density at radius 2 is 1.74 bits per heavy atom. The van der Waals surface area contributed by atoms with Crippen molar-refractivity contribution in [3.05, 3.63) is 59.7 Å². The van der Waals surface area contributed by atoms with Gasteiger partial charge in [0, 0.05) is 0 Å². The van der Waals surface area contributed by atoms with E-state index in [2.05, 4.69) is 0 Å². The molecule has 0 atom stereocenters. The summed E-state index contributed by atoms with van der Waals surface area (Å²) in [6.45, 7) is 2.41. The molecule has 0 aliphatic heterocycles. The zero-order valence-corrected chi connectivity index (χ0v) is 13.5. The fraction of sp³-hybridized carbons (Fsp3) is 0.211. The van der Waals surface area contributed by atoms with Crippen LogP contribution in [0.4, 0.5) is 0 Å². The number of hydrogen-bond donors (Lipinski definition) is 0. The summed E-state index contributed by atoms with van der Waals surface area (Å²) in [6, 6.07) is 12.7. The molecule has 0 N–H and O–H groups in total. The Bertz CT molecular complexity index is 704. The Morgan fingerprint density at radius 3 is 2.43 bits per heavy atom. The molecule has 0 aromatic heterocycles. The normalized spacial score (nSPS) is 10.6. The maximum absolute atomic E-state index is 12.4. The van der Waals surface area contributed by atoms with Gasteiger partial charge < -0.3 is 14.2 Å². The number of rotatable bonds is 7. The second kappa shape index (κ2) is 8.03. The van der Waals surface area contributed by atoms with Gasteiger partial charge in [-0.05, 0) is 42.8 Å². The highest BCUT2D eigenvalue weighted by Gasteiger charge is 2.09. The molecule has 0 aliphatic rings. The number of allylic oxidation sites excluding steroid dienone is 1. The van der Waals surface area contributed by atoms with E-state index in [1.54, 1.807) is 38.5 Å². The second-order valence-electron chi connectivity index (χ2n) is 4.74. The Kier molecular flexibility index (Phi) is 5.80. The van der Waals surface area contributed by atoms with E-state index in [4.69, 9.17) is 14.2 Å². The molecule has 2 rings (SSSR count). The minimum Gasteiger partial charge on any atom is -0.493 e. The van der Waals surface area contributed by atoms with Gasteiger partial charge in [0.25, 0.3) is 0 Å². The van der Waals surface area contributed by atoms with Crippen LogP contribution in [0.1, 0.15) is 22.8 Å². The zero-order valence-electron chi connectivity index (χ0n) is 13.5. The lowest BCUT2D eigenvalue weighted by Crippen LogP contribution is -2.01. The lowest BCUT2D eigenvalue weighted by molar-refractivity contribution is 0.104. The van der Waals surface area contributed by atoms with E-state index in [1.165, 1.54) is 6.08 Å². The van der Waals surface area contributed by atoms with Crippen molar-refractivity contribution in [3.63, 3.8) is 0 Å². The summed E-state index contributed by atoms with van der Waals surface area (Å²) in [5, 5.41) is 0. The second-order valence-corrected chi connectivity index (χ2v) is 4.74. The van der Waals surface area contributed by atoms with Gasteiger partial charge in [0.2, 0.25) is 0 Å². The highest BCUT2D eigenvalue weighted by molar-refractivity contribution is 6.08. The lowest BCUT2D eigenvalue weighted by atomic mass is 10.1. The SMILES string of the molecule is CCOc1ccccc1C(=O)/C=C/c1ccc(OC)c(OC)c1. The first-order valence-corrected chi connectivity index (χ1v) is 7.35. The summed E-state index contributed by atoms with van der Waals surface area (Å²) in [5.41, 5.74) is 1.40. The van der Waals surface area contributed by atoms with Crippen molar-refractivity contribution >= 4 is 11.9 Å². The summed E-state index contributed by atoms with van der Waals surface area (Å²) < 4.78 is 15.9. The van der Waals surface area contributed by atoms with E-state index in [0.717, 1.165) is 5.56 Å². The number of methoxy groups -OCH3 is 2. The molecule has 4 nitrogen and oxygen atoms in total. The molecule has 0 bridgehead atoms. The van der Waals surface area contributed by atoms with Gasteiger partial charge in [-0.1, -0.05) is 24.3 Å². The number of ketones is 1. The monoisotopic (exact) mass is 312 g/mol. The van der Waals surface area contributed by atoms with Crippen molar-refractivity contribution in [2.75, 3.05) is 20.8 Å². The molecule has 0 saturated heterocycles. The Labute approximate surface area is 136 Å². The summed E-state index contributed by atoms with van der Waals surface area (Å²) in [7, 11) is 3.16. The molecular formula is C19H20O4. The van der Waals surface area contributed by atoms with Crippen LogP contribution in [0.3, 0.4) is 0 Å². The van der Waals surface area contributed by atoms with E-state index < -0.39 is 0 Å². The molecule has 0 heterocycles. The molecule has 0 amide bonds. The van der Waals surface area contributed by atoms with Crippen molar-refractivity contribution in [3.8, 4) is 17.2 Å². The quantitative estimate of drug-likeness (QED) is 0.572. The van der Waals surface area contributed by atoms with E-state index in [1.807, 2.05) is 31.2 Å². The van der Waals surface area contributed by atoms with E-state index >= 15 is 0 Å². The van der Waals surface area contributed by atoms with Gasteiger partial charge in [0.05, 0.1) is 26.4 Å². The molecular weight excluding hydrogens is 292 g/mol. The largest absolute Gasteiger partial charge is 0.493 e. The van der Waals surface area contributed by atoms with Crippen LogP contribution in [0.5, 0.6) is 17.2 Å². The van der Waals surface area contributed by atoms with Crippen LogP contribution in [0.2, 0.25) is 0 Å². The van der Waals surface area contributed by atoms with Crippen LogP contribution < -0.4 is 14.2 Å². The standard InChI is InChI=1S/C19H20O4/c1-4-23-17-8-6-5-7-15(17)16(20)11-9-14-10-12-18(21-2)19(13-14)22-3/h5-13H,4H2,1-3H3/b11-9+. The summed E-state index contributed by atoms with van der Waals surface area (Å²) >= 11 is 0. The molecule has 0 aliphatic carbocycles. The minimum absolute atomic E-state index is 0.108. The van der Waals surface area contributed by atoms with Gasteiger partial charge in [-0.15, -0.1) is 0 Å². The van der Waals surface area contributed by atoms with E-state index in [9.17, 15) is 4.79 Å². The third-order valence-corrected chi connectivity index (χ3v) is 3.29. The van der Waals surface area contributed by atoms with Crippen LogP contribution >= 0.6 is 0 Å². The summed E-state index contributed by atoms with van der Waals surface area (Å²) in [6.07, 6.45) is 3.27. The minimum atomic E-state index is -0.108. The number of carbonyl (C=O) groups excluding carboxylic acids is 1. The van der Waals surface area contributed by atoms with Crippen molar-refractivity contribution in [1.29, 1.82) is 0 Å². The first-order chi connectivity index (χ1) is 11.2. The number of para-hydroxylation sites is 1. The predicted molar refractivity (Wildman–Crippen MR) is 90.5 cm³/mol. The van der Waals surface area contributed by atoms with Crippen molar-refractivity contribution in [1.82, 2.24) is 0 Å². The maximum Gasteiger partial charge on any atom is 0.189 e. The first kappa shape index (κ1) is 16.6. The smallest absolute Gasteiger partial charge is 0.189 e. The van der Waals surface area contributed by atoms with Crippen molar-refractivity contribution < 1.29 is 19.0 Å². The Morgan fingerprint density at radius 1 is 1.00 bits per heavy atom. The van der Waals surface area contributed by atoms with E-state index in [-0.39, 0.29) is 5.78 Å². The average Bonchev–Trinajstić information content (AvgIpc) is 2.60. The molecule has 0 fully saturated rings. The lowest BCUT2D eigenvalue weighted by Gasteiger charge is -2.08. The Hall–Kier alpha value is -2.75. The van der Waals surface area contributed by atoms with Crippen LogP contribution in [0.25, 0.3) is 6.08 Å². The van der Waals surface area contributed by atoms with Gasteiger partial charge in [0.1, 0.15) is 5.75 Å². The molecule has 0 radical (unpaired) electrons. The fourth-order valence-corrected chi connectivity index (χ4v) is 2.17. The number of benzene rings is 2. The Balaban J connectivity index is 2.22. The molecule has 0 spiro atoms. The van der Waals surface area contributed by atoms with Gasteiger partial charge in [0.15, 0.2) is 17.3 Å². The first-order valence-electron chi connectivity index (χ1n) is 7.35. The molecule has 2 aromatic rings. The van der Waals surface area contributed by atoms with Crippen molar-refractivity contribution in [2.24, 2.45) is 0 Å². The third-order valence-electron chi connectivity index (χ3n) is 3.29. The van der Waals surface area contributed by atoms with Crippen LogP contribution in [-0.2, 0) is 0 Å². The summed E-state index contributed by atoms with van der Waals surface area (Å²) in [5.74, 6) is 1.76. The van der Waals surface area contributed by atoms with Crippen LogP contribution in [-0.4, -0.2) is 26.6 Å². The third kappa shape index (κ3) is 4.13. The topological polar surface area (TPSA) is 44.8 Å². The van der Waals surface area contributed by atoms with Gasteiger partial charge in [-0.25, -0.2) is 0 Å². The molecule has 2 aromatic carbocycles. The number of carbonyl (C=O) groups is 1. The number of ether oxygens (including phenoxy) is 3. The van der Waals surface area contributed by atoms with Crippen LogP contribution in [0, 0.1) is 0 Å². The molecule has 0 unspecified atom stereocenters. The van der Waals surface area contributed by atoms with Crippen molar-refractivity contribution in [2.45, 2.75) is 6.92 Å². The van der Waals surface area contributed by atoms with Crippen LogP contribution in [0.15, 0.2) is 48.5 Å². The zero-order chi connectivity index (χ0) is 16.7. The highest BCUT2D eigenvalue weighted by atomic mass is 16.5. The summed E-state index contributed by atoms with van der Waals surface area (Å²) in [4.78, 5) is 12.4. The van der Waals surface area contributed by atoms with E-state index in [0.29, 0.717) is 29.4 Å².